The van der Waals surface area contributed by atoms with E-state index in [4.69, 9.17) is 14.2 Å². The highest BCUT2D eigenvalue weighted by atomic mass is 19.2. The van der Waals surface area contributed by atoms with Gasteiger partial charge >= 0.3 is 5.97 Å². The Hall–Kier alpha value is -4.02. The predicted molar refractivity (Wildman–Crippen MR) is 112 cm³/mol. The van der Waals surface area contributed by atoms with Crippen LogP contribution in [0.25, 0.3) is 6.08 Å². The maximum absolute atomic E-state index is 13.5. The van der Waals surface area contributed by atoms with Crippen LogP contribution in [0, 0.1) is 17.5 Å². The molecule has 0 fully saturated rings. The van der Waals surface area contributed by atoms with Crippen molar-refractivity contribution in [2.24, 2.45) is 0 Å². The number of allylic oxidation sites excluding steroid dienone is 1. The SMILES string of the molecule is CC=Cc1ccc(OCC(=O)OCC(=O)NCC(=O)Nc2ccc(F)c(F)c2F)c(OC)c1. The molecule has 2 rings (SSSR count). The molecule has 0 unspecified atom stereocenters. The van der Waals surface area contributed by atoms with E-state index < -0.39 is 60.7 Å². The lowest BCUT2D eigenvalue weighted by atomic mass is 10.2. The Morgan fingerprint density at radius 2 is 1.73 bits per heavy atom. The van der Waals surface area contributed by atoms with Gasteiger partial charge in [-0.25, -0.2) is 18.0 Å². The monoisotopic (exact) mass is 466 g/mol. The van der Waals surface area contributed by atoms with Gasteiger partial charge in [-0.15, -0.1) is 0 Å². The molecule has 176 valence electrons. The molecule has 2 aromatic rings. The predicted octanol–water partition coefficient (Wildman–Crippen LogP) is 2.82. The first-order valence-corrected chi connectivity index (χ1v) is 9.54. The summed E-state index contributed by atoms with van der Waals surface area (Å²) >= 11 is 0. The Bertz CT molecular complexity index is 1060. The molecule has 8 nitrogen and oxygen atoms in total. The number of esters is 1. The molecule has 2 amide bonds. The fourth-order valence-corrected chi connectivity index (χ4v) is 2.47. The molecule has 0 saturated carbocycles. The fraction of sp³-hybridized carbons (Fsp3) is 0.227. The first kappa shape index (κ1) is 25.2. The normalized spacial score (nSPS) is 10.6. The summed E-state index contributed by atoms with van der Waals surface area (Å²) in [6.45, 7) is 0.0396. The second-order valence-corrected chi connectivity index (χ2v) is 6.41. The van der Waals surface area contributed by atoms with Crippen LogP contribution in [0.3, 0.4) is 0 Å². The maximum atomic E-state index is 13.5. The number of halogens is 3. The van der Waals surface area contributed by atoms with E-state index in [1.54, 1.807) is 18.2 Å². The lowest BCUT2D eigenvalue weighted by molar-refractivity contribution is -0.150. The van der Waals surface area contributed by atoms with Gasteiger partial charge in [0.05, 0.1) is 19.3 Å². The first-order valence-electron chi connectivity index (χ1n) is 9.54. The topological polar surface area (TPSA) is 103 Å². The zero-order chi connectivity index (χ0) is 24.4. The van der Waals surface area contributed by atoms with Crippen molar-refractivity contribution in [2.75, 3.05) is 32.2 Å². The van der Waals surface area contributed by atoms with Crippen LogP contribution in [0.4, 0.5) is 18.9 Å². The van der Waals surface area contributed by atoms with E-state index in [2.05, 4.69) is 5.32 Å². The van der Waals surface area contributed by atoms with Crippen LogP contribution in [-0.4, -0.2) is 44.7 Å². The number of anilines is 1. The molecule has 0 spiro atoms. The third-order valence-corrected chi connectivity index (χ3v) is 4.01. The molecule has 0 aliphatic carbocycles. The van der Waals surface area contributed by atoms with Gasteiger partial charge in [0, 0.05) is 0 Å². The number of amides is 2. The second-order valence-electron chi connectivity index (χ2n) is 6.41. The Morgan fingerprint density at radius 3 is 2.42 bits per heavy atom. The van der Waals surface area contributed by atoms with Crippen LogP contribution in [0.15, 0.2) is 36.4 Å². The number of benzene rings is 2. The smallest absolute Gasteiger partial charge is 0.344 e. The van der Waals surface area contributed by atoms with Crippen LogP contribution in [0.1, 0.15) is 12.5 Å². The molecule has 0 aromatic heterocycles. The molecule has 0 radical (unpaired) electrons. The molecule has 2 N–H and O–H groups in total. The van der Waals surface area contributed by atoms with Crippen LogP contribution in [0.2, 0.25) is 0 Å². The molecule has 0 bridgehead atoms. The maximum Gasteiger partial charge on any atom is 0.344 e. The van der Waals surface area contributed by atoms with Gasteiger partial charge < -0.3 is 24.8 Å². The number of ether oxygens (including phenoxy) is 3. The summed E-state index contributed by atoms with van der Waals surface area (Å²) in [5.74, 6) is -6.59. The van der Waals surface area contributed by atoms with Crippen LogP contribution < -0.4 is 20.1 Å². The van der Waals surface area contributed by atoms with Gasteiger partial charge in [-0.05, 0) is 36.8 Å². The molecule has 0 aliphatic heterocycles. The van der Waals surface area contributed by atoms with E-state index in [-0.39, 0.29) is 0 Å². The number of nitrogens with one attached hydrogen (secondary N) is 2. The molecular weight excluding hydrogens is 445 g/mol. The minimum Gasteiger partial charge on any atom is -0.493 e. The minimum absolute atomic E-state index is 0.299. The molecule has 0 atom stereocenters. The quantitative estimate of drug-likeness (QED) is 0.412. The Balaban J connectivity index is 1.74. The highest BCUT2D eigenvalue weighted by Gasteiger charge is 2.16. The highest BCUT2D eigenvalue weighted by molar-refractivity contribution is 5.95. The third kappa shape index (κ3) is 7.56. The number of hydrogen-bond acceptors (Lipinski definition) is 6. The van der Waals surface area contributed by atoms with Gasteiger partial charge in [-0.1, -0.05) is 18.2 Å². The summed E-state index contributed by atoms with van der Waals surface area (Å²) in [5.41, 5.74) is 0.281. The van der Waals surface area contributed by atoms with Crippen LogP contribution in [0.5, 0.6) is 11.5 Å². The largest absolute Gasteiger partial charge is 0.493 e. The fourth-order valence-electron chi connectivity index (χ4n) is 2.47. The van der Waals surface area contributed by atoms with Gasteiger partial charge in [-0.2, -0.15) is 0 Å². The molecule has 0 aliphatic rings. The number of rotatable bonds is 10. The zero-order valence-electron chi connectivity index (χ0n) is 17.7. The average Bonchev–Trinajstić information content (AvgIpc) is 2.81. The van der Waals surface area contributed by atoms with Crippen molar-refractivity contribution in [3.63, 3.8) is 0 Å². The molecule has 0 heterocycles. The summed E-state index contributed by atoms with van der Waals surface area (Å²) in [5, 5.41) is 4.11. The third-order valence-electron chi connectivity index (χ3n) is 4.01. The van der Waals surface area contributed by atoms with Crippen LogP contribution in [-0.2, 0) is 19.1 Å². The minimum atomic E-state index is -1.74. The number of carbonyl (C=O) groups excluding carboxylic acids is 3. The number of carbonyl (C=O) groups is 3. The first-order chi connectivity index (χ1) is 15.7. The molecule has 11 heteroatoms. The lowest BCUT2D eigenvalue weighted by Gasteiger charge is -2.11. The van der Waals surface area contributed by atoms with E-state index in [1.807, 2.05) is 24.4 Å². The lowest BCUT2D eigenvalue weighted by Crippen LogP contribution is -2.36. The average molecular weight is 466 g/mol. The van der Waals surface area contributed by atoms with Gasteiger partial charge in [0.25, 0.3) is 5.91 Å². The summed E-state index contributed by atoms with van der Waals surface area (Å²) in [6, 6.07) is 6.56. The molecule has 33 heavy (non-hydrogen) atoms. The van der Waals surface area contributed by atoms with E-state index in [0.717, 1.165) is 11.6 Å². The summed E-state index contributed by atoms with van der Waals surface area (Å²) in [7, 11) is 1.45. The summed E-state index contributed by atoms with van der Waals surface area (Å²) in [4.78, 5) is 35.3. The molecule has 2 aromatic carbocycles. The van der Waals surface area contributed by atoms with Crippen molar-refractivity contribution in [1.82, 2.24) is 5.32 Å². The van der Waals surface area contributed by atoms with Crippen molar-refractivity contribution in [3.05, 3.63) is 59.4 Å². The van der Waals surface area contributed by atoms with Crippen molar-refractivity contribution >= 4 is 29.5 Å². The Labute approximate surface area is 187 Å². The number of hydrogen-bond donors (Lipinski definition) is 2. The van der Waals surface area contributed by atoms with E-state index in [9.17, 15) is 27.6 Å². The van der Waals surface area contributed by atoms with E-state index >= 15 is 0 Å². The Morgan fingerprint density at radius 1 is 0.970 bits per heavy atom. The molecular formula is C22H21F3N2O6. The van der Waals surface area contributed by atoms with Gasteiger partial charge in [0.1, 0.15) is 0 Å². The second kappa shape index (κ2) is 12.1. The zero-order valence-corrected chi connectivity index (χ0v) is 17.7. The van der Waals surface area contributed by atoms with E-state index in [0.29, 0.717) is 17.6 Å². The Kier molecular flexibility index (Phi) is 9.28. The summed E-state index contributed by atoms with van der Waals surface area (Å²) in [6.07, 6.45) is 3.70. The van der Waals surface area contributed by atoms with Crippen LogP contribution >= 0.6 is 0 Å². The van der Waals surface area contributed by atoms with Crippen molar-refractivity contribution in [1.29, 1.82) is 0 Å². The van der Waals surface area contributed by atoms with Crippen molar-refractivity contribution in [3.8, 4) is 11.5 Å². The molecule has 0 saturated heterocycles. The highest BCUT2D eigenvalue weighted by Crippen LogP contribution is 2.28. The van der Waals surface area contributed by atoms with Gasteiger partial charge in [0.2, 0.25) is 5.91 Å². The van der Waals surface area contributed by atoms with E-state index in [1.165, 1.54) is 7.11 Å². The van der Waals surface area contributed by atoms with Gasteiger partial charge in [-0.3, -0.25) is 9.59 Å². The van der Waals surface area contributed by atoms with Crippen molar-refractivity contribution in [2.45, 2.75) is 6.92 Å². The summed E-state index contributed by atoms with van der Waals surface area (Å²) < 4.78 is 54.9. The standard InChI is InChI=1S/C22H21F3N2O6/c1-3-4-13-5-8-16(17(9-13)31-2)32-12-20(30)33-11-19(29)26-10-18(28)27-15-7-6-14(23)21(24)22(15)25/h3-9H,10-12H2,1-2H3,(H,26,29)(H,27,28). The number of methoxy groups -OCH3 is 1. The van der Waals surface area contributed by atoms with Gasteiger partial charge in [0.15, 0.2) is 42.2 Å². The van der Waals surface area contributed by atoms with Crippen molar-refractivity contribution < 1.29 is 41.8 Å².